The minimum Gasteiger partial charge on any atom is -0.379 e. The zero-order valence-electron chi connectivity index (χ0n) is 15.6. The molecule has 2 heterocycles. The van der Waals surface area contributed by atoms with Crippen molar-refractivity contribution in [1.82, 2.24) is 4.90 Å². The fraction of sp³-hybridized carbons (Fsp3) is 0.600. The van der Waals surface area contributed by atoms with Gasteiger partial charge in [-0.05, 0) is 42.7 Å². The van der Waals surface area contributed by atoms with Crippen LogP contribution in [0.2, 0.25) is 0 Å². The third kappa shape index (κ3) is 1.97. The molecule has 8 nitrogen and oxygen atoms in total. The second-order valence-corrected chi connectivity index (χ2v) is 8.53. The predicted octanol–water partition coefficient (Wildman–Crippen LogP) is 3.02. The number of nitro benzene ring substituents is 1. The zero-order chi connectivity index (χ0) is 18.9. The minimum atomic E-state index is -0.360. The Balaban J connectivity index is 1.45. The standard InChI is InChI=1S/C20H23N5O3/c26-25(27)14-6-4-13(5-7-14)24-20(23-8-10-28-11-9-23)18-12-17(19(20)21-22-24)15-2-1-3-16(15)18/h1,3-7,15-19H,2,8-12H2/t15-,16-,17-,18+,19-,20+/m0/s1. The molecule has 0 amide bonds. The van der Waals surface area contributed by atoms with Crippen LogP contribution < -0.4 is 5.01 Å². The number of morpholine rings is 1. The van der Waals surface area contributed by atoms with Gasteiger partial charge in [-0.15, -0.1) is 0 Å². The SMILES string of the molecule is O=[N+]([O-])c1ccc(N2N=N[C@H]3[C@H]4C[C@H]([C@H]5C=CC[C@@H]54)[C@]32N2CCOCC2)cc1. The highest BCUT2D eigenvalue weighted by atomic mass is 16.6. The molecule has 6 rings (SSSR count). The fourth-order valence-electron chi connectivity index (χ4n) is 6.65. The van der Waals surface area contributed by atoms with Gasteiger partial charge in [0.25, 0.3) is 5.69 Å². The van der Waals surface area contributed by atoms with Gasteiger partial charge in [-0.3, -0.25) is 15.0 Å². The number of ether oxygens (including phenoxy) is 1. The quantitative estimate of drug-likeness (QED) is 0.457. The molecule has 1 aromatic rings. The third-order valence-electron chi connectivity index (χ3n) is 7.62. The maximum atomic E-state index is 11.1. The lowest BCUT2D eigenvalue weighted by Gasteiger charge is -2.53. The maximum absolute atomic E-state index is 11.1. The number of nitro groups is 1. The van der Waals surface area contributed by atoms with Crippen molar-refractivity contribution in [2.24, 2.45) is 34.0 Å². The number of non-ortho nitro benzene ring substituents is 1. The van der Waals surface area contributed by atoms with Crippen molar-refractivity contribution in [2.45, 2.75) is 24.5 Å². The average molecular weight is 381 g/mol. The van der Waals surface area contributed by atoms with Gasteiger partial charge in [0.15, 0.2) is 0 Å². The highest BCUT2D eigenvalue weighted by molar-refractivity contribution is 5.55. The highest BCUT2D eigenvalue weighted by Crippen LogP contribution is 2.66. The summed E-state index contributed by atoms with van der Waals surface area (Å²) < 4.78 is 5.64. The van der Waals surface area contributed by atoms with Crippen LogP contribution in [0.4, 0.5) is 11.4 Å². The Morgan fingerprint density at radius 3 is 2.71 bits per heavy atom. The topological polar surface area (TPSA) is 83.6 Å². The van der Waals surface area contributed by atoms with Crippen LogP contribution in [0.25, 0.3) is 0 Å². The number of rotatable bonds is 3. The van der Waals surface area contributed by atoms with Crippen LogP contribution in [0, 0.1) is 33.8 Å². The van der Waals surface area contributed by atoms with Crippen molar-refractivity contribution < 1.29 is 9.66 Å². The molecule has 6 atom stereocenters. The molecule has 1 aromatic carbocycles. The van der Waals surface area contributed by atoms with Gasteiger partial charge in [-0.1, -0.05) is 17.4 Å². The molecule has 2 saturated carbocycles. The Labute approximate surface area is 163 Å². The van der Waals surface area contributed by atoms with Crippen molar-refractivity contribution in [3.05, 3.63) is 46.5 Å². The number of fused-ring (bicyclic) bond motifs is 8. The van der Waals surface area contributed by atoms with Crippen LogP contribution in [0.5, 0.6) is 0 Å². The number of nitrogens with zero attached hydrogens (tertiary/aromatic N) is 5. The first-order valence-electron chi connectivity index (χ1n) is 10.2. The Bertz CT molecular complexity index is 865. The summed E-state index contributed by atoms with van der Waals surface area (Å²) in [5, 5.41) is 22.6. The van der Waals surface area contributed by atoms with Gasteiger partial charge in [0.2, 0.25) is 0 Å². The van der Waals surface area contributed by atoms with Crippen molar-refractivity contribution in [3.8, 4) is 0 Å². The summed E-state index contributed by atoms with van der Waals surface area (Å²) in [6, 6.07) is 6.92. The number of allylic oxidation sites excluding steroid dienone is 2. The van der Waals surface area contributed by atoms with Crippen LogP contribution in [-0.2, 0) is 4.74 Å². The van der Waals surface area contributed by atoms with Crippen LogP contribution in [-0.4, -0.2) is 47.8 Å². The van der Waals surface area contributed by atoms with E-state index in [1.165, 1.54) is 6.42 Å². The van der Waals surface area contributed by atoms with Crippen LogP contribution >= 0.6 is 0 Å². The van der Waals surface area contributed by atoms with Gasteiger partial charge in [0.05, 0.1) is 23.8 Å². The van der Waals surface area contributed by atoms with E-state index in [2.05, 4.69) is 27.3 Å². The molecule has 0 spiro atoms. The van der Waals surface area contributed by atoms with Crippen molar-refractivity contribution in [3.63, 3.8) is 0 Å². The lowest BCUT2D eigenvalue weighted by atomic mass is 9.71. The summed E-state index contributed by atoms with van der Waals surface area (Å²) in [6.45, 7) is 3.19. The molecule has 0 N–H and O–H groups in total. The van der Waals surface area contributed by atoms with Crippen LogP contribution in [0.1, 0.15) is 12.8 Å². The van der Waals surface area contributed by atoms with E-state index < -0.39 is 0 Å². The monoisotopic (exact) mass is 381 g/mol. The average Bonchev–Trinajstić information content (AvgIpc) is 3.46. The molecule has 0 radical (unpaired) electrons. The Morgan fingerprint density at radius 1 is 1.18 bits per heavy atom. The molecular formula is C20H23N5O3. The lowest BCUT2D eigenvalue weighted by molar-refractivity contribution is -0.384. The van der Waals surface area contributed by atoms with Gasteiger partial charge < -0.3 is 4.74 Å². The van der Waals surface area contributed by atoms with Crippen LogP contribution in [0.3, 0.4) is 0 Å². The van der Waals surface area contributed by atoms with Gasteiger partial charge in [-0.2, -0.15) is 5.11 Å². The molecule has 3 aliphatic carbocycles. The molecular weight excluding hydrogens is 358 g/mol. The lowest BCUT2D eigenvalue weighted by Crippen LogP contribution is -2.69. The van der Waals surface area contributed by atoms with E-state index in [1.807, 2.05) is 12.1 Å². The molecule has 2 aliphatic heterocycles. The van der Waals surface area contributed by atoms with E-state index in [1.54, 1.807) is 12.1 Å². The first-order valence-corrected chi connectivity index (χ1v) is 10.2. The number of benzene rings is 1. The summed E-state index contributed by atoms with van der Waals surface area (Å²) in [4.78, 5) is 13.3. The molecule has 8 heteroatoms. The van der Waals surface area contributed by atoms with Gasteiger partial charge >= 0.3 is 0 Å². The zero-order valence-corrected chi connectivity index (χ0v) is 15.6. The van der Waals surface area contributed by atoms with E-state index >= 15 is 0 Å². The third-order valence-corrected chi connectivity index (χ3v) is 7.62. The Kier molecular flexibility index (Phi) is 3.47. The summed E-state index contributed by atoms with van der Waals surface area (Å²) in [6.07, 6.45) is 7.11. The van der Waals surface area contributed by atoms with E-state index in [0.717, 1.165) is 38.4 Å². The molecule has 2 bridgehead atoms. The van der Waals surface area contributed by atoms with E-state index in [9.17, 15) is 10.1 Å². The minimum absolute atomic E-state index is 0.101. The first kappa shape index (κ1) is 16.6. The van der Waals surface area contributed by atoms with Gasteiger partial charge in [-0.25, -0.2) is 5.01 Å². The summed E-state index contributed by atoms with van der Waals surface area (Å²) in [5.74, 6) is 2.29. The normalized spacial score (nSPS) is 40.9. The smallest absolute Gasteiger partial charge is 0.269 e. The van der Waals surface area contributed by atoms with Crippen molar-refractivity contribution >= 4 is 11.4 Å². The number of hydrogen-bond acceptors (Lipinski definition) is 7. The Hall–Kier alpha value is -2.32. The van der Waals surface area contributed by atoms with Crippen molar-refractivity contribution in [2.75, 3.05) is 31.3 Å². The second-order valence-electron chi connectivity index (χ2n) is 8.53. The highest BCUT2D eigenvalue weighted by Gasteiger charge is 2.72. The fourth-order valence-corrected chi connectivity index (χ4v) is 6.65. The second kappa shape index (κ2) is 5.84. The largest absolute Gasteiger partial charge is 0.379 e. The molecule has 28 heavy (non-hydrogen) atoms. The van der Waals surface area contributed by atoms with Crippen molar-refractivity contribution in [1.29, 1.82) is 0 Å². The van der Waals surface area contributed by atoms with E-state index in [0.29, 0.717) is 23.7 Å². The van der Waals surface area contributed by atoms with Gasteiger partial charge in [0.1, 0.15) is 11.7 Å². The predicted molar refractivity (Wildman–Crippen MR) is 102 cm³/mol. The number of hydrogen-bond donors (Lipinski definition) is 0. The summed E-state index contributed by atoms with van der Waals surface area (Å²) in [7, 11) is 0. The van der Waals surface area contributed by atoms with Crippen LogP contribution in [0.15, 0.2) is 46.8 Å². The summed E-state index contributed by atoms with van der Waals surface area (Å²) >= 11 is 0. The molecule has 3 fully saturated rings. The Morgan fingerprint density at radius 2 is 1.96 bits per heavy atom. The number of anilines is 1. The first-order chi connectivity index (χ1) is 13.7. The molecule has 5 aliphatic rings. The van der Waals surface area contributed by atoms with E-state index in [4.69, 9.17) is 9.85 Å². The molecule has 1 saturated heterocycles. The molecule has 146 valence electrons. The van der Waals surface area contributed by atoms with E-state index in [-0.39, 0.29) is 22.3 Å². The molecule has 0 unspecified atom stereocenters. The maximum Gasteiger partial charge on any atom is 0.269 e. The molecule has 0 aromatic heterocycles. The van der Waals surface area contributed by atoms with Gasteiger partial charge in [0, 0.05) is 31.1 Å². The summed E-state index contributed by atoms with van der Waals surface area (Å²) in [5.41, 5.74) is 0.707.